The molecule has 0 radical (unpaired) electrons. The van der Waals surface area contributed by atoms with Gasteiger partial charge in [-0.05, 0) is 18.9 Å². The molecule has 0 saturated carbocycles. The number of hydrogen-bond acceptors (Lipinski definition) is 3. The van der Waals surface area contributed by atoms with E-state index in [-0.39, 0.29) is 6.04 Å². The Bertz CT molecular complexity index is 352. The zero-order valence-electron chi connectivity index (χ0n) is 8.88. The first-order valence-electron chi connectivity index (χ1n) is 5.41. The molecule has 0 saturated heterocycles. The molecule has 1 aromatic heterocycles. The van der Waals surface area contributed by atoms with Gasteiger partial charge in [0, 0.05) is 18.0 Å². The van der Waals surface area contributed by atoms with E-state index in [4.69, 9.17) is 9.52 Å². The number of nitrogens with one attached hydrogen (secondary N) is 1. The lowest BCUT2D eigenvalue weighted by Crippen LogP contribution is -2.38. The van der Waals surface area contributed by atoms with Crippen LogP contribution in [0.4, 0.5) is 8.78 Å². The van der Waals surface area contributed by atoms with Gasteiger partial charge in [-0.3, -0.25) is 0 Å². The third-order valence-corrected chi connectivity index (χ3v) is 2.89. The lowest BCUT2D eigenvalue weighted by Gasteiger charge is -2.24. The molecule has 1 aromatic rings. The van der Waals surface area contributed by atoms with E-state index < -0.39 is 19.1 Å². The fourth-order valence-corrected chi connectivity index (χ4v) is 2.03. The maximum Gasteiger partial charge on any atom is 0.282 e. The van der Waals surface area contributed by atoms with Crippen LogP contribution >= 0.6 is 0 Å². The van der Waals surface area contributed by atoms with Crippen molar-refractivity contribution < 1.29 is 18.3 Å². The normalized spacial score (nSPS) is 20.8. The Morgan fingerprint density at radius 3 is 3.12 bits per heavy atom. The monoisotopic (exact) mass is 231 g/mol. The first kappa shape index (κ1) is 11.5. The summed E-state index contributed by atoms with van der Waals surface area (Å²) in [4.78, 5) is 0. The van der Waals surface area contributed by atoms with Gasteiger partial charge in [-0.1, -0.05) is 0 Å². The van der Waals surface area contributed by atoms with Gasteiger partial charge < -0.3 is 14.8 Å². The maximum absolute atomic E-state index is 12.9. The van der Waals surface area contributed by atoms with Gasteiger partial charge >= 0.3 is 0 Å². The van der Waals surface area contributed by atoms with Gasteiger partial charge in [0.25, 0.3) is 5.92 Å². The highest BCUT2D eigenvalue weighted by Crippen LogP contribution is 2.30. The third kappa shape index (κ3) is 2.41. The molecule has 1 heterocycles. The quantitative estimate of drug-likeness (QED) is 0.831. The van der Waals surface area contributed by atoms with Gasteiger partial charge in [0.05, 0.1) is 12.8 Å². The number of aliphatic hydroxyl groups is 1. The van der Waals surface area contributed by atoms with Crippen LogP contribution < -0.4 is 5.32 Å². The van der Waals surface area contributed by atoms with Gasteiger partial charge in [-0.15, -0.1) is 0 Å². The summed E-state index contributed by atoms with van der Waals surface area (Å²) in [5.74, 6) is -2.17. The molecule has 0 amide bonds. The van der Waals surface area contributed by atoms with Crippen molar-refractivity contribution in [2.45, 2.75) is 31.2 Å². The standard InChI is InChI=1S/C11H15F2NO2/c12-11(13,7-15)6-14-9-2-1-3-10-8(9)4-5-16-10/h4-5,9,14-15H,1-3,6-7H2. The fraction of sp³-hybridized carbons (Fsp3) is 0.636. The van der Waals surface area contributed by atoms with E-state index in [0.29, 0.717) is 0 Å². The van der Waals surface area contributed by atoms with E-state index in [1.165, 1.54) is 0 Å². The van der Waals surface area contributed by atoms with Crippen LogP contribution in [0.5, 0.6) is 0 Å². The predicted octanol–water partition coefficient (Wildman–Crippen LogP) is 1.87. The van der Waals surface area contributed by atoms with Crippen molar-refractivity contribution in [3.8, 4) is 0 Å². The molecule has 1 unspecified atom stereocenters. The van der Waals surface area contributed by atoms with E-state index in [2.05, 4.69) is 5.32 Å². The summed E-state index contributed by atoms with van der Waals surface area (Å²) in [5.41, 5.74) is 0.972. The summed E-state index contributed by atoms with van der Waals surface area (Å²) in [5, 5.41) is 11.3. The smallest absolute Gasteiger partial charge is 0.282 e. The summed E-state index contributed by atoms with van der Waals surface area (Å²) >= 11 is 0. The molecular weight excluding hydrogens is 216 g/mol. The molecule has 0 aromatic carbocycles. The number of aryl methyl sites for hydroxylation is 1. The molecule has 5 heteroatoms. The highest BCUT2D eigenvalue weighted by molar-refractivity contribution is 5.24. The van der Waals surface area contributed by atoms with Crippen LogP contribution in [0.1, 0.15) is 30.2 Å². The van der Waals surface area contributed by atoms with Crippen molar-refractivity contribution in [3.05, 3.63) is 23.7 Å². The van der Waals surface area contributed by atoms with E-state index in [1.807, 2.05) is 6.07 Å². The van der Waals surface area contributed by atoms with E-state index in [0.717, 1.165) is 30.6 Å². The molecule has 90 valence electrons. The number of aliphatic hydroxyl groups excluding tert-OH is 1. The second kappa shape index (κ2) is 4.51. The zero-order valence-corrected chi connectivity index (χ0v) is 8.88. The number of alkyl halides is 2. The Hall–Kier alpha value is -0.940. The zero-order chi connectivity index (χ0) is 11.6. The lowest BCUT2D eigenvalue weighted by molar-refractivity contribution is -0.0497. The second-order valence-corrected chi connectivity index (χ2v) is 4.14. The molecule has 2 N–H and O–H groups in total. The number of hydrogen-bond donors (Lipinski definition) is 2. The Morgan fingerprint density at radius 2 is 2.38 bits per heavy atom. The molecule has 0 spiro atoms. The van der Waals surface area contributed by atoms with Crippen LogP contribution in [-0.2, 0) is 6.42 Å². The van der Waals surface area contributed by atoms with Crippen LogP contribution in [0.25, 0.3) is 0 Å². The fourth-order valence-electron chi connectivity index (χ4n) is 2.03. The highest BCUT2D eigenvalue weighted by atomic mass is 19.3. The van der Waals surface area contributed by atoms with Crippen molar-refractivity contribution in [1.82, 2.24) is 5.32 Å². The van der Waals surface area contributed by atoms with E-state index in [1.54, 1.807) is 6.26 Å². The summed E-state index contributed by atoms with van der Waals surface area (Å²) < 4.78 is 31.0. The molecule has 1 aliphatic rings. The maximum atomic E-state index is 12.9. The van der Waals surface area contributed by atoms with Crippen LogP contribution in [0.15, 0.2) is 16.7 Å². The number of furan rings is 1. The van der Waals surface area contributed by atoms with Crippen molar-refractivity contribution in [1.29, 1.82) is 0 Å². The lowest BCUT2D eigenvalue weighted by atomic mass is 9.93. The highest BCUT2D eigenvalue weighted by Gasteiger charge is 2.30. The van der Waals surface area contributed by atoms with Crippen LogP contribution in [-0.4, -0.2) is 24.2 Å². The summed E-state index contributed by atoms with van der Waals surface area (Å²) in [6.07, 6.45) is 4.22. The average Bonchev–Trinajstić information content (AvgIpc) is 2.75. The van der Waals surface area contributed by atoms with Crippen LogP contribution in [0.3, 0.4) is 0 Å². The molecule has 1 atom stereocenters. The average molecular weight is 231 g/mol. The summed E-state index contributed by atoms with van der Waals surface area (Å²) in [7, 11) is 0. The molecule has 0 bridgehead atoms. The molecular formula is C11H15F2NO2. The first-order chi connectivity index (χ1) is 7.62. The van der Waals surface area contributed by atoms with Gasteiger partial charge in [0.15, 0.2) is 0 Å². The molecule has 16 heavy (non-hydrogen) atoms. The Morgan fingerprint density at radius 1 is 1.56 bits per heavy atom. The third-order valence-electron chi connectivity index (χ3n) is 2.89. The summed E-state index contributed by atoms with van der Waals surface area (Å²) in [6.45, 7) is -1.62. The van der Waals surface area contributed by atoms with Gasteiger partial charge in [-0.25, -0.2) is 8.78 Å². The van der Waals surface area contributed by atoms with Crippen molar-refractivity contribution >= 4 is 0 Å². The Kier molecular flexibility index (Phi) is 3.25. The number of halogens is 2. The SMILES string of the molecule is OCC(F)(F)CNC1CCCc2occc21. The first-order valence-corrected chi connectivity index (χ1v) is 5.41. The predicted molar refractivity (Wildman–Crippen MR) is 54.4 cm³/mol. The van der Waals surface area contributed by atoms with Crippen molar-refractivity contribution in [2.24, 2.45) is 0 Å². The Balaban J connectivity index is 1.98. The van der Waals surface area contributed by atoms with Crippen LogP contribution in [0.2, 0.25) is 0 Å². The topological polar surface area (TPSA) is 45.4 Å². The largest absolute Gasteiger partial charge is 0.469 e. The minimum atomic E-state index is -3.05. The number of fused-ring (bicyclic) bond motifs is 1. The molecule has 3 nitrogen and oxygen atoms in total. The minimum Gasteiger partial charge on any atom is -0.469 e. The second-order valence-electron chi connectivity index (χ2n) is 4.14. The van der Waals surface area contributed by atoms with Crippen LogP contribution in [0, 0.1) is 0 Å². The Labute approximate surface area is 92.4 Å². The number of rotatable bonds is 4. The molecule has 1 aliphatic carbocycles. The van der Waals surface area contributed by atoms with Crippen molar-refractivity contribution in [3.63, 3.8) is 0 Å². The van der Waals surface area contributed by atoms with Gasteiger partial charge in [0.2, 0.25) is 0 Å². The molecule has 0 fully saturated rings. The molecule has 0 aliphatic heterocycles. The van der Waals surface area contributed by atoms with Gasteiger partial charge in [-0.2, -0.15) is 0 Å². The van der Waals surface area contributed by atoms with Crippen molar-refractivity contribution in [2.75, 3.05) is 13.2 Å². The molecule has 2 rings (SSSR count). The minimum absolute atomic E-state index is 0.0834. The van der Waals surface area contributed by atoms with E-state index >= 15 is 0 Å². The van der Waals surface area contributed by atoms with E-state index in [9.17, 15) is 8.78 Å². The summed E-state index contributed by atoms with van der Waals surface area (Å²) in [6, 6.07) is 1.74. The van der Waals surface area contributed by atoms with Gasteiger partial charge in [0.1, 0.15) is 12.4 Å².